The van der Waals surface area contributed by atoms with Crippen molar-refractivity contribution in [2.75, 3.05) is 6.26 Å². The number of amides is 1. The lowest BCUT2D eigenvalue weighted by molar-refractivity contribution is -0.123. The van der Waals surface area contributed by atoms with E-state index in [2.05, 4.69) is 16.9 Å². The first-order valence-electron chi connectivity index (χ1n) is 7.87. The quantitative estimate of drug-likeness (QED) is 0.834. The van der Waals surface area contributed by atoms with Gasteiger partial charge in [0.25, 0.3) is 0 Å². The molecule has 0 spiro atoms. The Hall–Kier alpha value is -0.220. The van der Waals surface area contributed by atoms with Gasteiger partial charge in [0.1, 0.15) is 0 Å². The van der Waals surface area contributed by atoms with Gasteiger partial charge in [0.05, 0.1) is 6.04 Å². The molecule has 2 saturated carbocycles. The van der Waals surface area contributed by atoms with E-state index in [-0.39, 0.29) is 11.9 Å². The van der Waals surface area contributed by atoms with E-state index in [1.54, 1.807) is 0 Å². The molecule has 4 heteroatoms. The first-order chi connectivity index (χ1) is 9.28. The number of hydrogen-bond donors (Lipinski definition) is 2. The number of nitrogens with one attached hydrogen (secondary N) is 2. The Kier molecular flexibility index (Phi) is 4.37. The van der Waals surface area contributed by atoms with Crippen LogP contribution in [-0.4, -0.2) is 35.5 Å². The molecular weight excluding hydrogens is 256 g/mol. The summed E-state index contributed by atoms with van der Waals surface area (Å²) in [6.45, 7) is 0. The van der Waals surface area contributed by atoms with Crippen LogP contribution in [-0.2, 0) is 4.79 Å². The number of carbonyl (C=O) groups is 1. The average Bonchev–Trinajstić information content (AvgIpc) is 3.03. The van der Waals surface area contributed by atoms with E-state index in [1.165, 1.54) is 38.5 Å². The summed E-state index contributed by atoms with van der Waals surface area (Å²) in [4.78, 5) is 12.4. The number of fused-ring (bicyclic) bond motifs is 1. The van der Waals surface area contributed by atoms with E-state index < -0.39 is 0 Å². The largest absolute Gasteiger partial charge is 0.351 e. The van der Waals surface area contributed by atoms with E-state index in [0.717, 1.165) is 18.8 Å². The van der Waals surface area contributed by atoms with Gasteiger partial charge >= 0.3 is 0 Å². The minimum Gasteiger partial charge on any atom is -0.351 e. The summed E-state index contributed by atoms with van der Waals surface area (Å²) in [5, 5.41) is 7.52. The van der Waals surface area contributed by atoms with Crippen LogP contribution in [0, 0.1) is 5.92 Å². The highest BCUT2D eigenvalue weighted by molar-refractivity contribution is 7.99. The van der Waals surface area contributed by atoms with Gasteiger partial charge in [0.15, 0.2) is 0 Å². The van der Waals surface area contributed by atoms with Gasteiger partial charge < -0.3 is 10.6 Å². The second-order valence-corrected chi connectivity index (χ2v) is 7.50. The molecule has 3 rings (SSSR count). The van der Waals surface area contributed by atoms with Crippen LogP contribution in [0.25, 0.3) is 0 Å². The third-order valence-electron chi connectivity index (χ3n) is 5.26. The zero-order valence-corrected chi connectivity index (χ0v) is 12.7. The van der Waals surface area contributed by atoms with Crippen LogP contribution in [0.2, 0.25) is 0 Å². The number of carbonyl (C=O) groups excluding carboxylic acids is 1. The summed E-state index contributed by atoms with van der Waals surface area (Å²) < 4.78 is 0. The molecule has 1 heterocycles. The summed E-state index contributed by atoms with van der Waals surface area (Å²) in [6, 6.07) is 1.10. The van der Waals surface area contributed by atoms with Crippen LogP contribution in [0.15, 0.2) is 0 Å². The Bertz CT molecular complexity index is 322. The molecule has 1 aliphatic heterocycles. The molecule has 5 unspecified atom stereocenters. The average molecular weight is 282 g/mol. The molecule has 0 radical (unpaired) electrons. The monoisotopic (exact) mass is 282 g/mol. The van der Waals surface area contributed by atoms with Crippen molar-refractivity contribution in [1.82, 2.24) is 10.6 Å². The Morgan fingerprint density at radius 2 is 2.00 bits per heavy atom. The molecule has 108 valence electrons. The first-order valence-corrected chi connectivity index (χ1v) is 9.16. The Labute approximate surface area is 120 Å². The summed E-state index contributed by atoms with van der Waals surface area (Å²) >= 11 is 1.91. The maximum atomic E-state index is 12.4. The highest BCUT2D eigenvalue weighted by atomic mass is 32.2. The fourth-order valence-corrected chi connectivity index (χ4v) is 5.11. The van der Waals surface area contributed by atoms with E-state index in [4.69, 9.17) is 0 Å². The van der Waals surface area contributed by atoms with Crippen molar-refractivity contribution in [1.29, 1.82) is 0 Å². The smallest absolute Gasteiger partial charge is 0.237 e. The summed E-state index contributed by atoms with van der Waals surface area (Å²) in [5.41, 5.74) is 0. The number of thioether (sulfide) groups is 1. The van der Waals surface area contributed by atoms with Gasteiger partial charge in [-0.15, -0.1) is 0 Å². The van der Waals surface area contributed by atoms with Crippen LogP contribution < -0.4 is 10.6 Å². The molecule has 0 aromatic rings. The molecule has 1 amide bonds. The molecule has 3 aliphatic rings. The van der Waals surface area contributed by atoms with Crippen molar-refractivity contribution in [3.63, 3.8) is 0 Å². The lowest BCUT2D eigenvalue weighted by atomic mass is 9.85. The van der Waals surface area contributed by atoms with Crippen molar-refractivity contribution in [2.45, 2.75) is 74.7 Å². The third-order valence-corrected chi connectivity index (χ3v) is 6.43. The topological polar surface area (TPSA) is 41.1 Å². The molecule has 3 fully saturated rings. The van der Waals surface area contributed by atoms with Gasteiger partial charge in [0, 0.05) is 17.3 Å². The highest BCUT2D eigenvalue weighted by Gasteiger charge is 2.39. The van der Waals surface area contributed by atoms with E-state index in [1.807, 2.05) is 11.8 Å². The number of hydrogen-bond acceptors (Lipinski definition) is 3. The Morgan fingerprint density at radius 3 is 2.79 bits per heavy atom. The lowest BCUT2D eigenvalue weighted by Gasteiger charge is -2.24. The lowest BCUT2D eigenvalue weighted by Crippen LogP contribution is -2.48. The molecule has 2 aliphatic carbocycles. The molecule has 19 heavy (non-hydrogen) atoms. The third kappa shape index (κ3) is 2.94. The van der Waals surface area contributed by atoms with Crippen LogP contribution in [0.5, 0.6) is 0 Å². The number of rotatable bonds is 3. The fourth-order valence-electron chi connectivity index (χ4n) is 4.18. The molecule has 0 bridgehead atoms. The van der Waals surface area contributed by atoms with Gasteiger partial charge in [-0.1, -0.05) is 19.3 Å². The van der Waals surface area contributed by atoms with Crippen LogP contribution in [0.4, 0.5) is 0 Å². The zero-order valence-electron chi connectivity index (χ0n) is 11.9. The van der Waals surface area contributed by atoms with Gasteiger partial charge in [-0.3, -0.25) is 4.79 Å². The molecule has 2 N–H and O–H groups in total. The van der Waals surface area contributed by atoms with Crippen molar-refractivity contribution < 1.29 is 4.79 Å². The van der Waals surface area contributed by atoms with E-state index in [0.29, 0.717) is 17.3 Å². The highest BCUT2D eigenvalue weighted by Crippen LogP contribution is 2.34. The predicted molar refractivity (Wildman–Crippen MR) is 80.4 cm³/mol. The normalized spacial score (nSPS) is 42.1. The van der Waals surface area contributed by atoms with Gasteiger partial charge in [-0.2, -0.15) is 11.8 Å². The standard InChI is InChI=1S/C15H26N2OS/c1-19-14-8-4-7-12(14)17-15(18)13-9-10-5-2-3-6-11(10)16-13/h10-14,16H,2-9H2,1H3,(H,17,18). The van der Waals surface area contributed by atoms with Crippen molar-refractivity contribution in [3.05, 3.63) is 0 Å². The minimum absolute atomic E-state index is 0.0798. The summed E-state index contributed by atoms with van der Waals surface area (Å²) in [6.07, 6.45) is 12.2. The van der Waals surface area contributed by atoms with Gasteiger partial charge in [-0.05, 0) is 44.3 Å². The molecule has 0 aromatic carbocycles. The fraction of sp³-hybridized carbons (Fsp3) is 0.933. The van der Waals surface area contributed by atoms with E-state index >= 15 is 0 Å². The van der Waals surface area contributed by atoms with Crippen molar-refractivity contribution in [3.8, 4) is 0 Å². The van der Waals surface area contributed by atoms with Crippen molar-refractivity contribution in [2.24, 2.45) is 5.92 Å². The van der Waals surface area contributed by atoms with Crippen LogP contribution in [0.3, 0.4) is 0 Å². The van der Waals surface area contributed by atoms with Crippen LogP contribution >= 0.6 is 11.8 Å². The van der Waals surface area contributed by atoms with Crippen molar-refractivity contribution >= 4 is 17.7 Å². The van der Waals surface area contributed by atoms with Gasteiger partial charge in [0.2, 0.25) is 5.91 Å². The zero-order chi connectivity index (χ0) is 13.2. The summed E-state index contributed by atoms with van der Waals surface area (Å²) in [7, 11) is 0. The predicted octanol–water partition coefficient (Wildman–Crippen LogP) is 2.31. The van der Waals surface area contributed by atoms with Crippen LogP contribution in [0.1, 0.15) is 51.4 Å². The Morgan fingerprint density at radius 1 is 1.16 bits per heavy atom. The molecule has 3 nitrogen and oxygen atoms in total. The molecule has 1 saturated heterocycles. The van der Waals surface area contributed by atoms with E-state index in [9.17, 15) is 4.79 Å². The maximum absolute atomic E-state index is 12.4. The SMILES string of the molecule is CSC1CCCC1NC(=O)C1CC2CCCCC2N1. The molecule has 0 aromatic heterocycles. The second kappa shape index (κ2) is 6.04. The Balaban J connectivity index is 1.53. The summed E-state index contributed by atoms with van der Waals surface area (Å²) in [5.74, 6) is 1.02. The minimum atomic E-state index is 0.0798. The molecular formula is C15H26N2OS. The second-order valence-electron chi connectivity index (χ2n) is 6.43. The maximum Gasteiger partial charge on any atom is 0.237 e. The molecule has 5 atom stereocenters. The van der Waals surface area contributed by atoms with Gasteiger partial charge in [-0.25, -0.2) is 0 Å². The first kappa shape index (κ1) is 13.7.